The molecule has 4 heteroatoms. The molecule has 4 nitrogen and oxygen atoms in total. The van der Waals surface area contributed by atoms with Gasteiger partial charge in [0.25, 0.3) is 0 Å². The summed E-state index contributed by atoms with van der Waals surface area (Å²) in [6, 6.07) is 9.99. The lowest BCUT2D eigenvalue weighted by Crippen LogP contribution is -2.50. The first kappa shape index (κ1) is 18.0. The van der Waals surface area contributed by atoms with Gasteiger partial charge in [-0.3, -0.25) is 4.79 Å². The Bertz CT molecular complexity index is 599. The van der Waals surface area contributed by atoms with E-state index in [9.17, 15) is 4.79 Å². The van der Waals surface area contributed by atoms with E-state index in [1.807, 2.05) is 65.3 Å². The number of allylic oxidation sites excluding steroid dienone is 4. The maximum Gasteiger partial charge on any atom is 0.242 e. The van der Waals surface area contributed by atoms with Gasteiger partial charge in [0.05, 0.1) is 0 Å². The molecule has 0 saturated carbocycles. The summed E-state index contributed by atoms with van der Waals surface area (Å²) in [7, 11) is 2.09. The molecule has 0 unspecified atom stereocenters. The largest absolute Gasteiger partial charge is 0.339 e. The van der Waals surface area contributed by atoms with Crippen LogP contribution in [0.5, 0.6) is 0 Å². The summed E-state index contributed by atoms with van der Waals surface area (Å²) in [4.78, 5) is 19.0. The monoisotopic (exact) mass is 325 g/mol. The number of hydrogen-bond acceptors (Lipinski definition) is 3. The lowest BCUT2D eigenvalue weighted by molar-refractivity contribution is -0.131. The van der Waals surface area contributed by atoms with Crippen LogP contribution in [0.3, 0.4) is 0 Å². The molecule has 1 aromatic rings. The van der Waals surface area contributed by atoms with Crippen molar-refractivity contribution >= 4 is 11.6 Å². The van der Waals surface area contributed by atoms with E-state index in [2.05, 4.69) is 18.5 Å². The van der Waals surface area contributed by atoms with Crippen molar-refractivity contribution in [2.24, 2.45) is 0 Å². The molecule has 0 N–H and O–H groups in total. The fourth-order valence-corrected chi connectivity index (χ4v) is 2.69. The molecule has 0 atom stereocenters. The van der Waals surface area contributed by atoms with Gasteiger partial charge >= 0.3 is 0 Å². The summed E-state index contributed by atoms with van der Waals surface area (Å²) >= 11 is 0. The summed E-state index contributed by atoms with van der Waals surface area (Å²) in [5, 5.41) is 0. The first-order chi connectivity index (χ1) is 11.7. The van der Waals surface area contributed by atoms with Crippen molar-refractivity contribution in [3.8, 4) is 0 Å². The Labute approximate surface area is 145 Å². The van der Waals surface area contributed by atoms with Crippen molar-refractivity contribution < 1.29 is 4.79 Å². The molecule has 0 bridgehead atoms. The molecular weight excluding hydrogens is 298 g/mol. The molecular formula is C20H27N3O. The van der Waals surface area contributed by atoms with Crippen LogP contribution in [-0.4, -0.2) is 55.5 Å². The van der Waals surface area contributed by atoms with Crippen molar-refractivity contribution in [3.05, 3.63) is 66.9 Å². The first-order valence-corrected chi connectivity index (χ1v) is 8.40. The zero-order valence-corrected chi connectivity index (χ0v) is 14.7. The maximum atomic E-state index is 12.8. The molecule has 1 aliphatic rings. The molecule has 128 valence electrons. The summed E-state index contributed by atoms with van der Waals surface area (Å²) in [6.07, 6.45) is 7.71. The molecule has 0 spiro atoms. The van der Waals surface area contributed by atoms with Gasteiger partial charge in [-0.25, -0.2) is 0 Å². The van der Waals surface area contributed by atoms with Gasteiger partial charge in [0.2, 0.25) is 5.91 Å². The number of carbonyl (C=O) groups is 1. The number of rotatable bonds is 6. The fraction of sp³-hybridized carbons (Fsp3) is 0.350. The number of hydrogen-bond donors (Lipinski definition) is 0. The van der Waals surface area contributed by atoms with E-state index in [-0.39, 0.29) is 5.91 Å². The third-order valence-corrected chi connectivity index (χ3v) is 4.20. The van der Waals surface area contributed by atoms with E-state index >= 15 is 0 Å². The zero-order chi connectivity index (χ0) is 17.4. The summed E-state index contributed by atoms with van der Waals surface area (Å²) in [5.74, 6) is 0.153. The molecule has 1 heterocycles. The standard InChI is InChI=1S/C20H27N3O/c1-4-6-10-18(5-2)23(19-11-8-7-9-12-19)17-20(24)22-15-13-21(3)14-16-22/h4-12H,2,13-17H2,1,3H3/b6-4-,18-10+. The maximum absolute atomic E-state index is 12.8. The van der Waals surface area contributed by atoms with Gasteiger partial charge in [0.1, 0.15) is 6.54 Å². The van der Waals surface area contributed by atoms with Crippen LogP contribution in [0.15, 0.2) is 66.9 Å². The molecule has 0 aromatic heterocycles. The van der Waals surface area contributed by atoms with E-state index in [1.54, 1.807) is 6.08 Å². The number of para-hydroxylation sites is 1. The van der Waals surface area contributed by atoms with Crippen molar-refractivity contribution in [1.82, 2.24) is 9.80 Å². The molecule has 1 aromatic carbocycles. The molecule has 1 saturated heterocycles. The Kier molecular flexibility index (Phi) is 6.82. The Morgan fingerprint density at radius 2 is 1.88 bits per heavy atom. The minimum absolute atomic E-state index is 0.153. The van der Waals surface area contributed by atoms with Crippen LogP contribution < -0.4 is 4.90 Å². The summed E-state index contributed by atoms with van der Waals surface area (Å²) < 4.78 is 0. The number of nitrogens with zero attached hydrogens (tertiary/aromatic N) is 3. The highest BCUT2D eigenvalue weighted by Gasteiger charge is 2.22. The average Bonchev–Trinajstić information content (AvgIpc) is 2.62. The number of piperazine rings is 1. The number of anilines is 1. The zero-order valence-electron chi connectivity index (χ0n) is 14.7. The van der Waals surface area contributed by atoms with Gasteiger partial charge < -0.3 is 14.7 Å². The van der Waals surface area contributed by atoms with E-state index in [1.165, 1.54) is 0 Å². The lowest BCUT2D eigenvalue weighted by atomic mass is 10.2. The molecule has 1 amide bonds. The Morgan fingerprint density at radius 1 is 1.21 bits per heavy atom. The molecule has 2 rings (SSSR count). The number of carbonyl (C=O) groups excluding carboxylic acids is 1. The van der Waals surface area contributed by atoms with E-state index in [0.717, 1.165) is 37.6 Å². The normalized spacial score (nSPS) is 16.4. The summed E-state index contributed by atoms with van der Waals surface area (Å²) in [5.41, 5.74) is 1.91. The van der Waals surface area contributed by atoms with Gasteiger partial charge in [0, 0.05) is 37.6 Å². The topological polar surface area (TPSA) is 26.8 Å². The van der Waals surface area contributed by atoms with Crippen LogP contribution in [0.25, 0.3) is 0 Å². The Balaban J connectivity index is 2.19. The second-order valence-electron chi connectivity index (χ2n) is 5.93. The molecule has 24 heavy (non-hydrogen) atoms. The Morgan fingerprint density at radius 3 is 2.46 bits per heavy atom. The predicted octanol–water partition coefficient (Wildman–Crippen LogP) is 2.91. The van der Waals surface area contributed by atoms with Gasteiger partial charge in [-0.1, -0.05) is 36.9 Å². The van der Waals surface area contributed by atoms with Crippen LogP contribution in [-0.2, 0) is 4.79 Å². The van der Waals surface area contributed by atoms with Crippen LogP contribution in [0.2, 0.25) is 0 Å². The molecule has 1 aliphatic heterocycles. The lowest BCUT2D eigenvalue weighted by Gasteiger charge is -2.34. The van der Waals surface area contributed by atoms with E-state index in [4.69, 9.17) is 0 Å². The minimum Gasteiger partial charge on any atom is -0.339 e. The predicted molar refractivity (Wildman–Crippen MR) is 101 cm³/mol. The van der Waals surface area contributed by atoms with Gasteiger partial charge in [-0.2, -0.15) is 0 Å². The highest BCUT2D eigenvalue weighted by Crippen LogP contribution is 2.20. The van der Waals surface area contributed by atoms with Crippen molar-refractivity contribution in [1.29, 1.82) is 0 Å². The average molecular weight is 325 g/mol. The minimum atomic E-state index is 0.153. The van der Waals surface area contributed by atoms with E-state index < -0.39 is 0 Å². The highest BCUT2D eigenvalue weighted by atomic mass is 16.2. The van der Waals surface area contributed by atoms with Crippen LogP contribution >= 0.6 is 0 Å². The van der Waals surface area contributed by atoms with Crippen LogP contribution in [0.1, 0.15) is 6.92 Å². The number of benzene rings is 1. The van der Waals surface area contributed by atoms with Gasteiger partial charge in [-0.15, -0.1) is 0 Å². The Hall–Kier alpha value is -2.33. The van der Waals surface area contributed by atoms with Crippen LogP contribution in [0.4, 0.5) is 5.69 Å². The van der Waals surface area contributed by atoms with Gasteiger partial charge in [-0.05, 0) is 38.3 Å². The van der Waals surface area contributed by atoms with Crippen molar-refractivity contribution in [3.63, 3.8) is 0 Å². The third kappa shape index (κ3) is 4.83. The SMILES string of the molecule is C=C/C(=C\C=C/C)N(CC(=O)N1CCN(C)CC1)c1ccccc1. The smallest absolute Gasteiger partial charge is 0.242 e. The van der Waals surface area contributed by atoms with Crippen molar-refractivity contribution in [2.75, 3.05) is 44.7 Å². The second kappa shape index (κ2) is 9.08. The van der Waals surface area contributed by atoms with Crippen molar-refractivity contribution in [2.45, 2.75) is 6.92 Å². The first-order valence-electron chi connectivity index (χ1n) is 8.40. The molecule has 0 aliphatic carbocycles. The second-order valence-corrected chi connectivity index (χ2v) is 5.93. The molecule has 0 radical (unpaired) electrons. The quantitative estimate of drug-likeness (QED) is 0.753. The third-order valence-electron chi connectivity index (χ3n) is 4.20. The number of likely N-dealkylation sites (N-methyl/N-ethyl adjacent to an activating group) is 1. The van der Waals surface area contributed by atoms with Crippen LogP contribution in [0, 0.1) is 0 Å². The fourth-order valence-electron chi connectivity index (χ4n) is 2.69. The van der Waals surface area contributed by atoms with Gasteiger partial charge in [0.15, 0.2) is 0 Å². The van der Waals surface area contributed by atoms with E-state index in [0.29, 0.717) is 6.54 Å². The highest BCUT2D eigenvalue weighted by molar-refractivity contribution is 5.83. The summed E-state index contributed by atoms with van der Waals surface area (Å²) in [6.45, 7) is 9.65. The molecule has 1 fully saturated rings. The number of amides is 1.